The van der Waals surface area contributed by atoms with Crippen LogP contribution in [0.15, 0.2) is 0 Å². The predicted molar refractivity (Wildman–Crippen MR) is 84.0 cm³/mol. The van der Waals surface area contributed by atoms with Gasteiger partial charge in [-0.3, -0.25) is 4.79 Å². The lowest BCUT2D eigenvalue weighted by atomic mass is 9.68. The quantitative estimate of drug-likeness (QED) is 0.844. The van der Waals surface area contributed by atoms with Crippen LogP contribution in [0.3, 0.4) is 0 Å². The maximum Gasteiger partial charge on any atom is 0.326 e. The van der Waals surface area contributed by atoms with Crippen molar-refractivity contribution in [2.45, 2.75) is 72.8 Å². The zero-order valence-corrected chi connectivity index (χ0v) is 14.2. The summed E-state index contributed by atoms with van der Waals surface area (Å²) in [6.45, 7) is 10.8. The van der Waals surface area contributed by atoms with E-state index in [-0.39, 0.29) is 17.2 Å². The average Bonchev–Trinajstić information content (AvgIpc) is 2.37. The molecule has 1 fully saturated rings. The second kappa shape index (κ2) is 7.28. The highest BCUT2D eigenvalue weighted by Gasteiger charge is 2.39. The third-order valence-electron chi connectivity index (χ3n) is 4.90. The summed E-state index contributed by atoms with van der Waals surface area (Å²) in [6.07, 6.45) is 4.74. The molecule has 1 saturated carbocycles. The van der Waals surface area contributed by atoms with Crippen molar-refractivity contribution in [3.63, 3.8) is 0 Å². The Bertz CT molecular complexity index is 365. The number of hydrogen-bond donors (Lipinski definition) is 1. The van der Waals surface area contributed by atoms with Crippen molar-refractivity contribution in [1.82, 2.24) is 4.90 Å². The highest BCUT2D eigenvalue weighted by Crippen LogP contribution is 2.41. The molecule has 0 aromatic carbocycles. The van der Waals surface area contributed by atoms with Crippen molar-refractivity contribution >= 4 is 11.9 Å². The van der Waals surface area contributed by atoms with Crippen molar-refractivity contribution in [2.75, 3.05) is 6.54 Å². The molecule has 1 atom stereocenters. The van der Waals surface area contributed by atoms with Gasteiger partial charge in [0.15, 0.2) is 0 Å². The van der Waals surface area contributed by atoms with Gasteiger partial charge >= 0.3 is 5.97 Å². The molecule has 0 radical (unpaired) electrons. The molecule has 0 spiro atoms. The number of carboxylic acids is 1. The van der Waals surface area contributed by atoms with Crippen LogP contribution in [0.4, 0.5) is 0 Å². The molecule has 1 aliphatic rings. The van der Waals surface area contributed by atoms with E-state index >= 15 is 0 Å². The smallest absolute Gasteiger partial charge is 0.326 e. The SMILES string of the molecule is CCCN(C(C)=O)C(C(=O)O)C1CCC(C(C)(C)C)CC1. The van der Waals surface area contributed by atoms with Crippen LogP contribution in [0.25, 0.3) is 0 Å². The molecule has 1 unspecified atom stereocenters. The van der Waals surface area contributed by atoms with Gasteiger partial charge in [-0.1, -0.05) is 27.7 Å². The Balaban J connectivity index is 2.80. The Hall–Kier alpha value is -1.06. The van der Waals surface area contributed by atoms with Crippen LogP contribution >= 0.6 is 0 Å². The second-order valence-corrected chi connectivity index (χ2v) is 7.47. The topological polar surface area (TPSA) is 57.6 Å². The van der Waals surface area contributed by atoms with Crippen molar-refractivity contribution in [1.29, 1.82) is 0 Å². The number of aliphatic carboxylic acids is 1. The lowest BCUT2D eigenvalue weighted by Gasteiger charge is -2.41. The molecule has 4 nitrogen and oxygen atoms in total. The van der Waals surface area contributed by atoms with E-state index in [1.54, 1.807) is 4.90 Å². The fraction of sp³-hybridized carbons (Fsp3) is 0.882. The van der Waals surface area contributed by atoms with Gasteiger partial charge in [0.05, 0.1) is 0 Å². The van der Waals surface area contributed by atoms with Crippen LogP contribution in [0.2, 0.25) is 0 Å². The van der Waals surface area contributed by atoms with Crippen LogP contribution in [0.5, 0.6) is 0 Å². The van der Waals surface area contributed by atoms with Gasteiger partial charge in [0.25, 0.3) is 0 Å². The number of carbonyl (C=O) groups excluding carboxylic acids is 1. The molecule has 122 valence electrons. The Labute approximate surface area is 128 Å². The first-order valence-corrected chi connectivity index (χ1v) is 8.18. The molecule has 1 N–H and O–H groups in total. The van der Waals surface area contributed by atoms with Gasteiger partial charge in [-0.05, 0) is 49.4 Å². The maximum atomic E-state index is 11.8. The molecule has 0 heterocycles. The van der Waals surface area contributed by atoms with Gasteiger partial charge in [-0.15, -0.1) is 0 Å². The highest BCUT2D eigenvalue weighted by atomic mass is 16.4. The fourth-order valence-corrected chi connectivity index (χ4v) is 3.62. The molecule has 0 aromatic heterocycles. The van der Waals surface area contributed by atoms with E-state index in [0.29, 0.717) is 12.5 Å². The molecule has 21 heavy (non-hydrogen) atoms. The number of carbonyl (C=O) groups is 2. The highest BCUT2D eigenvalue weighted by molar-refractivity contribution is 5.82. The van der Waals surface area contributed by atoms with Gasteiger partial charge in [-0.2, -0.15) is 0 Å². The maximum absolute atomic E-state index is 11.8. The fourth-order valence-electron chi connectivity index (χ4n) is 3.62. The lowest BCUT2D eigenvalue weighted by Crippen LogP contribution is -2.50. The van der Waals surface area contributed by atoms with Gasteiger partial charge in [0, 0.05) is 13.5 Å². The molecular formula is C17H31NO3. The average molecular weight is 297 g/mol. The van der Waals surface area contributed by atoms with Crippen molar-refractivity contribution < 1.29 is 14.7 Å². The number of nitrogens with zero attached hydrogens (tertiary/aromatic N) is 1. The molecule has 0 saturated heterocycles. The summed E-state index contributed by atoms with van der Waals surface area (Å²) < 4.78 is 0. The first-order valence-electron chi connectivity index (χ1n) is 8.18. The Kier molecular flexibility index (Phi) is 6.24. The summed E-state index contributed by atoms with van der Waals surface area (Å²) >= 11 is 0. The molecule has 1 amide bonds. The number of amides is 1. The minimum atomic E-state index is -0.849. The standard InChI is InChI=1S/C17H31NO3/c1-6-11-18(12(2)19)15(16(20)21)13-7-9-14(10-8-13)17(3,4)5/h13-15H,6-11H2,1-5H3,(H,20,21). The summed E-state index contributed by atoms with van der Waals surface area (Å²) in [7, 11) is 0. The first kappa shape index (κ1) is 18.0. The molecule has 1 rings (SSSR count). The third-order valence-corrected chi connectivity index (χ3v) is 4.90. The zero-order chi connectivity index (χ0) is 16.2. The van der Waals surface area contributed by atoms with E-state index in [9.17, 15) is 14.7 Å². The van der Waals surface area contributed by atoms with Crippen LogP contribution in [-0.2, 0) is 9.59 Å². The second-order valence-electron chi connectivity index (χ2n) is 7.47. The zero-order valence-electron chi connectivity index (χ0n) is 14.2. The van der Waals surface area contributed by atoms with Gasteiger partial charge in [0.1, 0.15) is 6.04 Å². The van der Waals surface area contributed by atoms with E-state index < -0.39 is 12.0 Å². The molecular weight excluding hydrogens is 266 g/mol. The van der Waals surface area contributed by atoms with Crippen molar-refractivity contribution in [2.24, 2.45) is 17.3 Å². The van der Waals surface area contributed by atoms with Crippen molar-refractivity contribution in [3.8, 4) is 0 Å². The molecule has 0 aliphatic heterocycles. The molecule has 1 aliphatic carbocycles. The van der Waals surface area contributed by atoms with Gasteiger partial charge in [0.2, 0.25) is 5.91 Å². The third kappa shape index (κ3) is 4.72. The van der Waals surface area contributed by atoms with E-state index in [4.69, 9.17) is 0 Å². The summed E-state index contributed by atoms with van der Waals surface area (Å²) in [5.74, 6) is -0.225. The Morgan fingerprint density at radius 2 is 1.71 bits per heavy atom. The minimum absolute atomic E-state index is 0.0940. The minimum Gasteiger partial charge on any atom is -0.480 e. The number of hydrogen-bond acceptors (Lipinski definition) is 2. The lowest BCUT2D eigenvalue weighted by molar-refractivity contribution is -0.153. The predicted octanol–water partition coefficient (Wildman–Crippen LogP) is 3.55. The number of carboxylic acid groups (broad SMARTS) is 1. The largest absolute Gasteiger partial charge is 0.480 e. The van der Waals surface area contributed by atoms with E-state index in [1.165, 1.54) is 6.92 Å². The van der Waals surface area contributed by atoms with Crippen LogP contribution in [0, 0.1) is 17.3 Å². The van der Waals surface area contributed by atoms with E-state index in [0.717, 1.165) is 32.1 Å². The van der Waals surface area contributed by atoms with E-state index in [2.05, 4.69) is 20.8 Å². The van der Waals surface area contributed by atoms with Crippen LogP contribution in [-0.4, -0.2) is 34.5 Å². The summed E-state index contributed by atoms with van der Waals surface area (Å²) in [5, 5.41) is 9.60. The summed E-state index contributed by atoms with van der Waals surface area (Å²) in [4.78, 5) is 25.1. The molecule has 0 bridgehead atoms. The normalized spacial score (nSPS) is 24.4. The van der Waals surface area contributed by atoms with Crippen LogP contribution < -0.4 is 0 Å². The van der Waals surface area contributed by atoms with Crippen molar-refractivity contribution in [3.05, 3.63) is 0 Å². The monoisotopic (exact) mass is 297 g/mol. The first-order chi connectivity index (χ1) is 9.68. The molecule has 4 heteroatoms. The summed E-state index contributed by atoms with van der Waals surface area (Å²) in [5.41, 5.74) is 0.285. The van der Waals surface area contributed by atoms with Crippen LogP contribution in [0.1, 0.15) is 66.7 Å². The Morgan fingerprint density at radius 3 is 2.05 bits per heavy atom. The number of rotatable bonds is 5. The summed E-state index contributed by atoms with van der Waals surface area (Å²) in [6, 6.07) is -0.650. The van der Waals surface area contributed by atoms with E-state index in [1.807, 2.05) is 6.92 Å². The molecule has 0 aromatic rings. The van der Waals surface area contributed by atoms with Gasteiger partial charge < -0.3 is 10.0 Å². The Morgan fingerprint density at radius 1 is 1.19 bits per heavy atom. The van der Waals surface area contributed by atoms with Gasteiger partial charge in [-0.25, -0.2) is 4.79 Å².